The minimum absolute atomic E-state index is 0.0211. The fourth-order valence-electron chi connectivity index (χ4n) is 4.35. The number of anilines is 1. The van der Waals surface area contributed by atoms with Crippen molar-refractivity contribution in [1.82, 2.24) is 5.32 Å². The molecule has 0 aliphatic carbocycles. The van der Waals surface area contributed by atoms with Gasteiger partial charge < -0.3 is 20.1 Å². The fourth-order valence-corrected chi connectivity index (χ4v) is 5.23. The van der Waals surface area contributed by atoms with Crippen LogP contribution in [0.5, 0.6) is 5.75 Å². The van der Waals surface area contributed by atoms with Crippen LogP contribution < -0.4 is 15.0 Å². The van der Waals surface area contributed by atoms with Gasteiger partial charge in [-0.25, -0.2) is 8.42 Å². The van der Waals surface area contributed by atoms with E-state index in [0.717, 1.165) is 17.8 Å². The molecule has 3 aromatic carbocycles. The van der Waals surface area contributed by atoms with Gasteiger partial charge in [0.2, 0.25) is 0 Å². The number of sulfone groups is 1. The Morgan fingerprint density at radius 1 is 1.05 bits per heavy atom. The summed E-state index contributed by atoms with van der Waals surface area (Å²) in [5, 5.41) is 12.6. The smallest absolute Gasteiger partial charge is 0.416 e. The molecule has 4 rings (SSSR count). The van der Waals surface area contributed by atoms with E-state index in [2.05, 4.69) is 10.2 Å². The number of alkyl halides is 3. The Morgan fingerprint density at radius 2 is 1.69 bits per heavy atom. The first-order valence-electron chi connectivity index (χ1n) is 12.4. The molecule has 39 heavy (non-hydrogen) atoms. The molecule has 1 fully saturated rings. The van der Waals surface area contributed by atoms with E-state index in [0.29, 0.717) is 36.4 Å². The molecule has 7 nitrogen and oxygen atoms in total. The molecule has 1 aliphatic heterocycles. The van der Waals surface area contributed by atoms with Gasteiger partial charge in [-0.05, 0) is 66.2 Å². The number of nitrogens with zero attached hydrogens (tertiary/aromatic N) is 1. The first-order chi connectivity index (χ1) is 18.5. The number of carbonyl (C=O) groups excluding carboxylic acids is 1. The zero-order valence-corrected chi connectivity index (χ0v) is 22.0. The second-order valence-electron chi connectivity index (χ2n) is 9.22. The van der Waals surface area contributed by atoms with Gasteiger partial charge in [0, 0.05) is 24.2 Å². The third kappa shape index (κ3) is 6.90. The molecule has 1 amide bonds. The van der Waals surface area contributed by atoms with Crippen LogP contribution in [-0.2, 0) is 16.0 Å². The number of carbonyl (C=O) groups is 1. The summed E-state index contributed by atoms with van der Waals surface area (Å²) in [5.41, 5.74) is 1.11. The number of nitrogens with one attached hydrogen (secondary N) is 1. The predicted octanol–water partition coefficient (Wildman–Crippen LogP) is 4.62. The van der Waals surface area contributed by atoms with Gasteiger partial charge in [0.05, 0.1) is 35.4 Å². The zero-order valence-electron chi connectivity index (χ0n) is 21.2. The van der Waals surface area contributed by atoms with Crippen LogP contribution >= 0.6 is 0 Å². The van der Waals surface area contributed by atoms with E-state index in [-0.39, 0.29) is 23.4 Å². The lowest BCUT2D eigenvalue weighted by atomic mass is 10.1. The van der Waals surface area contributed by atoms with Crippen LogP contribution in [0.25, 0.3) is 0 Å². The first-order valence-corrected chi connectivity index (χ1v) is 14.1. The Labute approximate surface area is 225 Å². The van der Waals surface area contributed by atoms with Crippen LogP contribution in [0.1, 0.15) is 40.9 Å². The first kappa shape index (κ1) is 28.4. The minimum atomic E-state index is -4.39. The summed E-state index contributed by atoms with van der Waals surface area (Å²) in [6.45, 7) is 2.43. The molecule has 1 saturated heterocycles. The van der Waals surface area contributed by atoms with Gasteiger partial charge in [-0.3, -0.25) is 4.79 Å². The summed E-state index contributed by atoms with van der Waals surface area (Å²) in [5.74, 6) is -0.0371. The Kier molecular flexibility index (Phi) is 8.51. The van der Waals surface area contributed by atoms with Gasteiger partial charge in [0.25, 0.3) is 5.91 Å². The molecule has 0 spiro atoms. The second-order valence-corrected chi connectivity index (χ2v) is 11.5. The monoisotopic (exact) mass is 562 g/mol. The van der Waals surface area contributed by atoms with Gasteiger partial charge in [-0.15, -0.1) is 0 Å². The van der Waals surface area contributed by atoms with Crippen molar-refractivity contribution in [2.45, 2.75) is 36.6 Å². The fraction of sp³-hybridized carbons (Fsp3) is 0.321. The third-order valence-electron chi connectivity index (χ3n) is 6.63. The molecule has 2 atom stereocenters. The van der Waals surface area contributed by atoms with Crippen LogP contribution in [0, 0.1) is 0 Å². The maximum atomic E-state index is 12.8. The zero-order chi connectivity index (χ0) is 28.2. The quantitative estimate of drug-likeness (QED) is 0.395. The summed E-state index contributed by atoms with van der Waals surface area (Å²) in [6.07, 6.45) is -3.88. The molecule has 0 bridgehead atoms. The molecular formula is C28H29F3N2O5S. The van der Waals surface area contributed by atoms with Gasteiger partial charge >= 0.3 is 6.18 Å². The number of aliphatic hydroxyl groups is 1. The molecule has 11 heteroatoms. The average molecular weight is 563 g/mol. The lowest BCUT2D eigenvalue weighted by Gasteiger charge is -2.20. The Hall–Kier alpha value is -3.57. The molecule has 208 valence electrons. The van der Waals surface area contributed by atoms with Crippen molar-refractivity contribution in [2.24, 2.45) is 0 Å². The number of hydrogen-bond donors (Lipinski definition) is 2. The largest absolute Gasteiger partial charge is 0.489 e. The van der Waals surface area contributed by atoms with E-state index in [1.54, 1.807) is 43.3 Å². The maximum Gasteiger partial charge on any atom is 0.416 e. The highest BCUT2D eigenvalue weighted by Crippen LogP contribution is 2.31. The van der Waals surface area contributed by atoms with E-state index in [1.165, 1.54) is 24.3 Å². The molecule has 3 aromatic rings. The normalized spacial score (nSPS) is 16.6. The average Bonchev–Trinajstić information content (AvgIpc) is 3.40. The summed E-state index contributed by atoms with van der Waals surface area (Å²) in [6, 6.07) is 16.9. The lowest BCUT2D eigenvalue weighted by molar-refractivity contribution is -0.137. The Balaban J connectivity index is 1.34. The van der Waals surface area contributed by atoms with E-state index < -0.39 is 33.5 Å². The molecule has 0 saturated carbocycles. The van der Waals surface area contributed by atoms with Crippen LogP contribution in [0.4, 0.5) is 18.9 Å². The summed E-state index contributed by atoms with van der Waals surface area (Å²) < 4.78 is 68.2. The molecule has 0 aromatic heterocycles. The van der Waals surface area contributed by atoms with E-state index in [9.17, 15) is 31.5 Å². The summed E-state index contributed by atoms with van der Waals surface area (Å²) in [4.78, 5) is 15.1. The topological polar surface area (TPSA) is 95.9 Å². The number of benzene rings is 3. The van der Waals surface area contributed by atoms with Gasteiger partial charge in [0.1, 0.15) is 11.9 Å². The Bertz CT molecular complexity index is 1380. The molecule has 2 N–H and O–H groups in total. The summed E-state index contributed by atoms with van der Waals surface area (Å²) in [7, 11) is -3.35. The molecular weight excluding hydrogens is 533 g/mol. The number of aliphatic hydroxyl groups excluding tert-OH is 1. The highest BCUT2D eigenvalue weighted by atomic mass is 32.2. The highest BCUT2D eigenvalue weighted by Gasteiger charge is 2.30. The van der Waals surface area contributed by atoms with E-state index in [4.69, 9.17) is 4.74 Å². The van der Waals surface area contributed by atoms with E-state index >= 15 is 0 Å². The van der Waals surface area contributed by atoms with Crippen LogP contribution in [-0.4, -0.2) is 51.0 Å². The van der Waals surface area contributed by atoms with Crippen molar-refractivity contribution in [2.75, 3.05) is 30.3 Å². The number of amides is 1. The number of rotatable bonds is 9. The second kappa shape index (κ2) is 11.7. The van der Waals surface area contributed by atoms with Crippen LogP contribution in [0.3, 0.4) is 0 Å². The maximum absolute atomic E-state index is 12.8. The van der Waals surface area contributed by atoms with Crippen molar-refractivity contribution >= 4 is 21.4 Å². The van der Waals surface area contributed by atoms with Crippen molar-refractivity contribution in [3.8, 4) is 5.75 Å². The van der Waals surface area contributed by atoms with Crippen molar-refractivity contribution < 1.29 is 36.2 Å². The van der Waals surface area contributed by atoms with E-state index in [1.807, 2.05) is 0 Å². The SMILES string of the molecule is CCS(=O)(=O)c1ccc([C@H](CO)NC(=O)c2ccc(N3CCC(Oc4ccc(C(F)(F)F)cc4)C3)cc2)cc1. The number of hydrogen-bond acceptors (Lipinski definition) is 6. The highest BCUT2D eigenvalue weighted by molar-refractivity contribution is 7.91. The van der Waals surface area contributed by atoms with Gasteiger partial charge in [-0.1, -0.05) is 19.1 Å². The number of halogens is 3. The van der Waals surface area contributed by atoms with Gasteiger partial charge in [-0.2, -0.15) is 13.2 Å². The van der Waals surface area contributed by atoms with Crippen molar-refractivity contribution in [3.63, 3.8) is 0 Å². The molecule has 1 heterocycles. The Morgan fingerprint density at radius 3 is 2.26 bits per heavy atom. The molecule has 1 aliphatic rings. The molecule has 1 unspecified atom stereocenters. The summed E-state index contributed by atoms with van der Waals surface area (Å²) >= 11 is 0. The van der Waals surface area contributed by atoms with Crippen LogP contribution in [0.2, 0.25) is 0 Å². The lowest BCUT2D eigenvalue weighted by Crippen LogP contribution is -2.31. The van der Waals surface area contributed by atoms with Gasteiger partial charge in [0.15, 0.2) is 9.84 Å². The van der Waals surface area contributed by atoms with Crippen molar-refractivity contribution in [1.29, 1.82) is 0 Å². The number of ether oxygens (including phenoxy) is 1. The van der Waals surface area contributed by atoms with Crippen molar-refractivity contribution in [3.05, 3.63) is 89.5 Å². The molecule has 0 radical (unpaired) electrons. The minimum Gasteiger partial charge on any atom is -0.489 e. The van der Waals surface area contributed by atoms with Crippen LogP contribution in [0.15, 0.2) is 77.7 Å². The predicted molar refractivity (Wildman–Crippen MR) is 141 cm³/mol. The third-order valence-corrected chi connectivity index (χ3v) is 8.38. The standard InChI is InChI=1S/C28H29F3N2O5S/c1-2-39(36,37)25-13-5-19(6-14-25)26(18-34)32-27(35)20-3-9-22(10-4-20)33-16-15-24(17-33)38-23-11-7-21(8-12-23)28(29,30)31/h3-14,24,26,34H,2,15-18H2,1H3,(H,32,35)/t24?,26-/m0/s1.